The highest BCUT2D eigenvalue weighted by atomic mass is 19.4. The van der Waals surface area contributed by atoms with Crippen LogP contribution in [-0.4, -0.2) is 17.6 Å². The van der Waals surface area contributed by atoms with Gasteiger partial charge in [-0.1, -0.05) is 0 Å². The number of carbonyl (C=O) groups is 1. The minimum atomic E-state index is -5.05. The van der Waals surface area contributed by atoms with Crippen LogP contribution in [0.1, 0.15) is 10.4 Å². The summed E-state index contributed by atoms with van der Waals surface area (Å²) in [6.07, 6.45) is -4.79. The highest BCUT2D eigenvalue weighted by Crippen LogP contribution is 2.32. The Morgan fingerprint density at radius 1 is 1.38 bits per heavy atom. The summed E-state index contributed by atoms with van der Waals surface area (Å²) in [5, 5.41) is 10.4. The van der Waals surface area contributed by atoms with E-state index in [1.165, 1.54) is 0 Å². The van der Waals surface area contributed by atoms with E-state index < -0.39 is 22.7 Å². The Bertz CT molecular complexity index is 430. The fourth-order valence-corrected chi connectivity index (χ4v) is 0.961. The van der Waals surface area contributed by atoms with Crippen molar-refractivity contribution < 1.29 is 27.6 Å². The summed E-state index contributed by atoms with van der Waals surface area (Å²) in [6.45, 7) is 0. The molecule has 0 aliphatic carbocycles. The van der Waals surface area contributed by atoms with Crippen molar-refractivity contribution >= 4 is 12.0 Å². The van der Waals surface area contributed by atoms with E-state index >= 15 is 0 Å². The van der Waals surface area contributed by atoms with Crippen molar-refractivity contribution in [3.05, 3.63) is 33.9 Å². The molecule has 1 aromatic carbocycles. The van der Waals surface area contributed by atoms with Crippen molar-refractivity contribution in [1.82, 2.24) is 0 Å². The van der Waals surface area contributed by atoms with Gasteiger partial charge >= 0.3 is 12.0 Å². The Balaban J connectivity index is 3.20. The van der Waals surface area contributed by atoms with Gasteiger partial charge < -0.3 is 4.74 Å². The predicted molar refractivity (Wildman–Crippen MR) is 45.2 cm³/mol. The van der Waals surface area contributed by atoms with Gasteiger partial charge in [-0.15, -0.1) is 13.2 Å². The zero-order valence-corrected chi connectivity index (χ0v) is 7.52. The van der Waals surface area contributed by atoms with E-state index in [-0.39, 0.29) is 11.8 Å². The first kappa shape index (κ1) is 12.0. The molecule has 8 heteroatoms. The van der Waals surface area contributed by atoms with Crippen LogP contribution in [0.15, 0.2) is 18.2 Å². The summed E-state index contributed by atoms with van der Waals surface area (Å²) in [7, 11) is 0. The van der Waals surface area contributed by atoms with Crippen molar-refractivity contribution in [3.8, 4) is 5.75 Å². The van der Waals surface area contributed by atoms with E-state index in [1.54, 1.807) is 0 Å². The molecule has 16 heavy (non-hydrogen) atoms. The molecule has 0 atom stereocenters. The molecule has 0 aromatic heterocycles. The molecule has 0 heterocycles. The second-order valence-corrected chi connectivity index (χ2v) is 2.65. The summed E-state index contributed by atoms with van der Waals surface area (Å²) in [5.74, 6) is -1.01. The second kappa shape index (κ2) is 4.17. The maximum atomic E-state index is 11.9. The lowest BCUT2D eigenvalue weighted by atomic mass is 10.2. The van der Waals surface area contributed by atoms with Crippen molar-refractivity contribution in [3.63, 3.8) is 0 Å². The first-order chi connectivity index (χ1) is 7.33. The minimum Gasteiger partial charge on any atom is -0.398 e. The Morgan fingerprint density at radius 3 is 2.44 bits per heavy atom. The average Bonchev–Trinajstić information content (AvgIpc) is 2.14. The van der Waals surface area contributed by atoms with Gasteiger partial charge in [0, 0.05) is 11.6 Å². The van der Waals surface area contributed by atoms with Gasteiger partial charge in [-0.3, -0.25) is 14.9 Å². The van der Waals surface area contributed by atoms with Crippen LogP contribution in [0.3, 0.4) is 0 Å². The molecule has 0 aliphatic rings. The first-order valence-corrected chi connectivity index (χ1v) is 3.83. The Kier molecular flexibility index (Phi) is 3.11. The molecule has 0 saturated carbocycles. The molecule has 0 amide bonds. The molecular formula is C8H4F3NO4. The summed E-state index contributed by atoms with van der Waals surface area (Å²) in [5.41, 5.74) is -1.01. The number of alkyl halides is 3. The number of carbonyl (C=O) groups excluding carboxylic acids is 1. The molecule has 5 nitrogen and oxygen atoms in total. The number of nitro benzene ring substituents is 1. The topological polar surface area (TPSA) is 69.4 Å². The van der Waals surface area contributed by atoms with E-state index in [0.717, 1.165) is 12.1 Å². The molecule has 0 bridgehead atoms. The van der Waals surface area contributed by atoms with Gasteiger partial charge in [0.1, 0.15) is 6.29 Å². The van der Waals surface area contributed by atoms with Gasteiger partial charge in [0.15, 0.2) is 0 Å². The minimum absolute atomic E-state index is 0.148. The monoisotopic (exact) mass is 235 g/mol. The predicted octanol–water partition coefficient (Wildman–Crippen LogP) is 2.31. The maximum Gasteiger partial charge on any atom is 0.573 e. The van der Waals surface area contributed by atoms with Gasteiger partial charge in [-0.2, -0.15) is 0 Å². The number of nitrogens with zero attached hydrogens (tertiary/aromatic N) is 1. The van der Waals surface area contributed by atoms with E-state index in [2.05, 4.69) is 4.74 Å². The van der Waals surface area contributed by atoms with Crippen LogP contribution in [-0.2, 0) is 0 Å². The lowest BCUT2D eigenvalue weighted by Gasteiger charge is -2.08. The van der Waals surface area contributed by atoms with Crippen LogP contribution >= 0.6 is 0 Å². The Morgan fingerprint density at radius 2 is 2.00 bits per heavy atom. The molecule has 86 valence electrons. The standard InChI is InChI=1S/C8H4F3NO4/c9-8(10,11)16-7-3-5(4-13)1-2-6(7)12(14)15/h1-4H. The highest BCUT2D eigenvalue weighted by molar-refractivity contribution is 5.76. The molecular weight excluding hydrogens is 231 g/mol. The van der Waals surface area contributed by atoms with Crippen LogP contribution in [0, 0.1) is 10.1 Å². The van der Waals surface area contributed by atoms with E-state index in [1.807, 2.05) is 0 Å². The maximum absolute atomic E-state index is 11.9. The van der Waals surface area contributed by atoms with Gasteiger partial charge in [-0.05, 0) is 12.1 Å². The molecule has 1 rings (SSSR count). The van der Waals surface area contributed by atoms with Crippen LogP contribution in [0.4, 0.5) is 18.9 Å². The molecule has 1 aromatic rings. The third-order valence-corrected chi connectivity index (χ3v) is 1.54. The summed E-state index contributed by atoms with van der Waals surface area (Å²) >= 11 is 0. The molecule has 0 unspecified atom stereocenters. The van der Waals surface area contributed by atoms with E-state index in [9.17, 15) is 28.1 Å². The number of hydrogen-bond acceptors (Lipinski definition) is 4. The normalized spacial score (nSPS) is 10.9. The zero-order valence-electron chi connectivity index (χ0n) is 7.52. The van der Waals surface area contributed by atoms with E-state index in [4.69, 9.17) is 0 Å². The molecule has 0 radical (unpaired) electrons. The number of nitro groups is 1. The molecule has 0 fully saturated rings. The van der Waals surface area contributed by atoms with Crippen molar-refractivity contribution in [1.29, 1.82) is 0 Å². The lowest BCUT2D eigenvalue weighted by molar-refractivity contribution is -0.388. The second-order valence-electron chi connectivity index (χ2n) is 2.65. The number of aldehydes is 1. The number of halogens is 3. The molecule has 0 aliphatic heterocycles. The van der Waals surface area contributed by atoms with Crippen LogP contribution in [0.5, 0.6) is 5.75 Å². The average molecular weight is 235 g/mol. The SMILES string of the molecule is O=Cc1ccc([N+](=O)[O-])c(OC(F)(F)F)c1. The third-order valence-electron chi connectivity index (χ3n) is 1.54. The highest BCUT2D eigenvalue weighted by Gasteiger charge is 2.34. The van der Waals surface area contributed by atoms with Crippen molar-refractivity contribution in [2.75, 3.05) is 0 Å². The fraction of sp³-hybridized carbons (Fsp3) is 0.125. The van der Waals surface area contributed by atoms with Crippen LogP contribution in [0.2, 0.25) is 0 Å². The summed E-state index contributed by atoms with van der Waals surface area (Å²) in [6, 6.07) is 2.44. The van der Waals surface area contributed by atoms with Crippen LogP contribution < -0.4 is 4.74 Å². The number of hydrogen-bond donors (Lipinski definition) is 0. The molecule has 0 spiro atoms. The first-order valence-electron chi connectivity index (χ1n) is 3.83. The number of rotatable bonds is 3. The van der Waals surface area contributed by atoms with Gasteiger partial charge in [0.25, 0.3) is 0 Å². The third kappa shape index (κ3) is 2.94. The van der Waals surface area contributed by atoms with Crippen LogP contribution in [0.25, 0.3) is 0 Å². The number of ether oxygens (including phenoxy) is 1. The molecule has 0 N–H and O–H groups in total. The quantitative estimate of drug-likeness (QED) is 0.458. The zero-order chi connectivity index (χ0) is 12.3. The fourth-order valence-electron chi connectivity index (χ4n) is 0.961. The van der Waals surface area contributed by atoms with Crippen molar-refractivity contribution in [2.24, 2.45) is 0 Å². The van der Waals surface area contributed by atoms with Gasteiger partial charge in [0.2, 0.25) is 5.75 Å². The van der Waals surface area contributed by atoms with Gasteiger partial charge in [0.05, 0.1) is 4.92 Å². The largest absolute Gasteiger partial charge is 0.573 e. The summed E-state index contributed by atoms with van der Waals surface area (Å²) in [4.78, 5) is 19.6. The molecule has 0 saturated heterocycles. The Hall–Kier alpha value is -2.12. The number of benzene rings is 1. The summed E-state index contributed by atoms with van der Waals surface area (Å²) < 4.78 is 39.1. The Labute approximate surface area is 86.6 Å². The van der Waals surface area contributed by atoms with E-state index in [0.29, 0.717) is 6.07 Å². The van der Waals surface area contributed by atoms with Gasteiger partial charge in [-0.25, -0.2) is 0 Å². The van der Waals surface area contributed by atoms with Crippen molar-refractivity contribution in [2.45, 2.75) is 6.36 Å². The lowest BCUT2D eigenvalue weighted by Crippen LogP contribution is -2.18. The smallest absolute Gasteiger partial charge is 0.398 e.